The van der Waals surface area contributed by atoms with Gasteiger partial charge in [-0.1, -0.05) is 23.1 Å². The highest BCUT2D eigenvalue weighted by Crippen LogP contribution is 2.48. The van der Waals surface area contributed by atoms with Crippen LogP contribution in [0.25, 0.3) is 10.9 Å². The lowest BCUT2D eigenvalue weighted by atomic mass is 10.0. The third-order valence-corrected chi connectivity index (χ3v) is 5.51. The van der Waals surface area contributed by atoms with Crippen molar-refractivity contribution in [2.24, 2.45) is 0 Å². The normalized spacial score (nSPS) is 18.9. The number of H-pyrrole nitrogens is 1. The highest BCUT2D eigenvalue weighted by molar-refractivity contribution is 6.36. The fourth-order valence-corrected chi connectivity index (χ4v) is 4.01. The molecule has 1 N–H and O–H groups in total. The van der Waals surface area contributed by atoms with Crippen molar-refractivity contribution >= 4 is 47.6 Å². The molecule has 0 atom stereocenters. The molecule has 2 radical (unpaired) electrons. The third-order valence-electron chi connectivity index (χ3n) is 5.19. The first-order valence-corrected chi connectivity index (χ1v) is 8.77. The third kappa shape index (κ3) is 2.37. The SMILES string of the molecule is [B]c1cnc(N2CCN(c3n[nH]c4cccc(Cl)c34)C3(CC3)C2)nc1. The molecular weight excluding hydrogens is 334 g/mol. The predicted molar refractivity (Wildman–Crippen MR) is 100 cm³/mol. The van der Waals surface area contributed by atoms with Gasteiger partial charge in [0.25, 0.3) is 0 Å². The van der Waals surface area contributed by atoms with Gasteiger partial charge in [-0.05, 0) is 25.0 Å². The Labute approximate surface area is 151 Å². The van der Waals surface area contributed by atoms with Crippen LogP contribution >= 0.6 is 11.6 Å². The van der Waals surface area contributed by atoms with Crippen molar-refractivity contribution in [3.05, 3.63) is 35.6 Å². The molecule has 2 fully saturated rings. The van der Waals surface area contributed by atoms with Gasteiger partial charge in [0.2, 0.25) is 5.95 Å². The molecule has 1 aromatic carbocycles. The van der Waals surface area contributed by atoms with Crippen molar-refractivity contribution in [1.82, 2.24) is 20.2 Å². The van der Waals surface area contributed by atoms with E-state index in [9.17, 15) is 0 Å². The number of benzene rings is 1. The molecule has 124 valence electrons. The number of anilines is 2. The summed E-state index contributed by atoms with van der Waals surface area (Å²) in [6.07, 6.45) is 5.60. The van der Waals surface area contributed by atoms with E-state index < -0.39 is 0 Å². The van der Waals surface area contributed by atoms with Gasteiger partial charge < -0.3 is 9.80 Å². The van der Waals surface area contributed by atoms with Crippen LogP contribution < -0.4 is 15.3 Å². The van der Waals surface area contributed by atoms with E-state index in [0.717, 1.165) is 60.2 Å². The zero-order valence-corrected chi connectivity index (χ0v) is 14.4. The van der Waals surface area contributed by atoms with E-state index >= 15 is 0 Å². The highest BCUT2D eigenvalue weighted by atomic mass is 35.5. The van der Waals surface area contributed by atoms with Crippen molar-refractivity contribution < 1.29 is 0 Å². The number of aromatic nitrogens is 4. The fourth-order valence-electron chi connectivity index (χ4n) is 3.75. The van der Waals surface area contributed by atoms with Crippen LogP contribution in [0, 0.1) is 0 Å². The molecule has 1 saturated carbocycles. The Morgan fingerprint density at radius 3 is 2.72 bits per heavy atom. The van der Waals surface area contributed by atoms with E-state index in [0.29, 0.717) is 5.46 Å². The quantitative estimate of drug-likeness (QED) is 0.712. The van der Waals surface area contributed by atoms with Gasteiger partial charge in [0.15, 0.2) is 5.82 Å². The number of rotatable bonds is 2. The topological polar surface area (TPSA) is 60.9 Å². The Balaban J connectivity index is 1.48. The van der Waals surface area contributed by atoms with Gasteiger partial charge in [0, 0.05) is 32.0 Å². The number of aromatic amines is 1. The Bertz CT molecular complexity index is 936. The molecule has 1 spiro atoms. The molecule has 3 heterocycles. The number of piperazine rings is 1. The second kappa shape index (κ2) is 5.36. The second-order valence-corrected chi connectivity index (χ2v) is 7.23. The molecule has 3 aromatic rings. The summed E-state index contributed by atoms with van der Waals surface area (Å²) < 4.78 is 0. The molecule has 1 saturated heterocycles. The lowest BCUT2D eigenvalue weighted by Gasteiger charge is -2.42. The highest BCUT2D eigenvalue weighted by Gasteiger charge is 2.52. The van der Waals surface area contributed by atoms with Gasteiger partial charge in [-0.3, -0.25) is 5.10 Å². The van der Waals surface area contributed by atoms with Crippen molar-refractivity contribution in [1.29, 1.82) is 0 Å². The Hall–Kier alpha value is -2.28. The van der Waals surface area contributed by atoms with E-state index in [1.807, 2.05) is 18.2 Å². The van der Waals surface area contributed by atoms with Crippen LogP contribution in [0.3, 0.4) is 0 Å². The number of nitrogens with zero attached hydrogens (tertiary/aromatic N) is 5. The first-order valence-electron chi connectivity index (χ1n) is 8.39. The number of hydrogen-bond donors (Lipinski definition) is 1. The maximum atomic E-state index is 6.45. The summed E-state index contributed by atoms with van der Waals surface area (Å²) in [6, 6.07) is 5.87. The van der Waals surface area contributed by atoms with Crippen molar-refractivity contribution in [3.63, 3.8) is 0 Å². The summed E-state index contributed by atoms with van der Waals surface area (Å²) in [7, 11) is 5.70. The maximum absolute atomic E-state index is 6.45. The summed E-state index contributed by atoms with van der Waals surface area (Å²) in [5.74, 6) is 1.70. The minimum absolute atomic E-state index is 0.0876. The Morgan fingerprint density at radius 2 is 1.96 bits per heavy atom. The first kappa shape index (κ1) is 15.0. The van der Waals surface area contributed by atoms with Crippen molar-refractivity contribution in [3.8, 4) is 0 Å². The first-order chi connectivity index (χ1) is 12.2. The smallest absolute Gasteiger partial charge is 0.225 e. The van der Waals surface area contributed by atoms with Crippen LogP contribution in [-0.4, -0.2) is 53.2 Å². The molecule has 2 aliphatic rings. The Kier molecular flexibility index (Phi) is 3.22. The van der Waals surface area contributed by atoms with E-state index in [-0.39, 0.29) is 5.54 Å². The molecular formula is C17H16BClN6. The molecule has 5 rings (SSSR count). The van der Waals surface area contributed by atoms with Crippen LogP contribution in [-0.2, 0) is 0 Å². The van der Waals surface area contributed by atoms with Gasteiger partial charge in [0.05, 0.1) is 21.5 Å². The molecule has 0 bridgehead atoms. The summed E-state index contributed by atoms with van der Waals surface area (Å²) in [5.41, 5.74) is 1.65. The van der Waals surface area contributed by atoms with E-state index in [2.05, 4.69) is 30.0 Å². The summed E-state index contributed by atoms with van der Waals surface area (Å²) in [6.45, 7) is 2.58. The van der Waals surface area contributed by atoms with Crippen LogP contribution in [0.5, 0.6) is 0 Å². The van der Waals surface area contributed by atoms with Crippen LogP contribution in [0.15, 0.2) is 30.6 Å². The molecule has 0 unspecified atom stereocenters. The number of nitrogens with one attached hydrogen (secondary N) is 1. The summed E-state index contributed by atoms with van der Waals surface area (Å²) in [5, 5.41) is 9.43. The molecule has 2 aromatic heterocycles. The molecule has 8 heteroatoms. The second-order valence-electron chi connectivity index (χ2n) is 6.82. The monoisotopic (exact) mass is 350 g/mol. The van der Waals surface area contributed by atoms with Gasteiger partial charge in [-0.15, -0.1) is 0 Å². The lowest BCUT2D eigenvalue weighted by molar-refractivity contribution is 0.500. The van der Waals surface area contributed by atoms with E-state index in [4.69, 9.17) is 19.4 Å². The average Bonchev–Trinajstić information content (AvgIpc) is 3.23. The van der Waals surface area contributed by atoms with Gasteiger partial charge in [-0.25, -0.2) is 9.97 Å². The lowest BCUT2D eigenvalue weighted by Crippen LogP contribution is -2.56. The standard InChI is InChI=1S/C17H16BClN6/c18-11-8-20-16(21-9-11)24-6-7-25(17(10-24)4-5-17)15-14-12(19)2-1-3-13(14)22-23-15/h1-3,8-9H,4-7,10H2,(H,22,23). The van der Waals surface area contributed by atoms with Gasteiger partial charge in [0.1, 0.15) is 7.85 Å². The van der Waals surface area contributed by atoms with Gasteiger partial charge >= 0.3 is 0 Å². The zero-order valence-electron chi connectivity index (χ0n) is 13.6. The van der Waals surface area contributed by atoms with Crippen molar-refractivity contribution in [2.45, 2.75) is 18.4 Å². The van der Waals surface area contributed by atoms with E-state index in [1.165, 1.54) is 0 Å². The number of halogens is 1. The fraction of sp³-hybridized carbons (Fsp3) is 0.353. The van der Waals surface area contributed by atoms with E-state index in [1.54, 1.807) is 12.4 Å². The zero-order chi connectivity index (χ0) is 17.0. The molecule has 0 amide bonds. The largest absolute Gasteiger partial charge is 0.345 e. The predicted octanol–water partition coefficient (Wildman–Crippen LogP) is 1.66. The number of hydrogen-bond acceptors (Lipinski definition) is 5. The minimum atomic E-state index is 0.0876. The molecule has 25 heavy (non-hydrogen) atoms. The summed E-state index contributed by atoms with van der Waals surface area (Å²) >= 11 is 6.45. The van der Waals surface area contributed by atoms with Crippen LogP contribution in [0.2, 0.25) is 5.02 Å². The minimum Gasteiger partial charge on any atom is -0.345 e. The van der Waals surface area contributed by atoms with Crippen LogP contribution in [0.1, 0.15) is 12.8 Å². The molecule has 1 aliphatic heterocycles. The average molecular weight is 351 g/mol. The Morgan fingerprint density at radius 1 is 1.16 bits per heavy atom. The maximum Gasteiger partial charge on any atom is 0.225 e. The molecule has 6 nitrogen and oxygen atoms in total. The number of fused-ring (bicyclic) bond motifs is 1. The van der Waals surface area contributed by atoms with Gasteiger partial charge in [-0.2, -0.15) is 5.10 Å². The van der Waals surface area contributed by atoms with Crippen molar-refractivity contribution in [2.75, 3.05) is 29.4 Å². The molecule has 1 aliphatic carbocycles. The summed E-state index contributed by atoms with van der Waals surface area (Å²) in [4.78, 5) is 13.4. The van der Waals surface area contributed by atoms with Crippen LogP contribution in [0.4, 0.5) is 11.8 Å².